The molecule has 30 heavy (non-hydrogen) atoms. The average molecular weight is 402 g/mol. The second-order valence-corrected chi connectivity index (χ2v) is 8.86. The van der Waals surface area contributed by atoms with Gasteiger partial charge in [0.15, 0.2) is 0 Å². The second kappa shape index (κ2) is 8.47. The molecule has 2 N–H and O–H groups in total. The van der Waals surface area contributed by atoms with E-state index < -0.39 is 0 Å². The Kier molecular flexibility index (Phi) is 5.76. The zero-order valence-electron chi connectivity index (χ0n) is 18.3. The summed E-state index contributed by atoms with van der Waals surface area (Å²) >= 11 is 0. The Morgan fingerprint density at radius 3 is 2.67 bits per heavy atom. The van der Waals surface area contributed by atoms with Crippen LogP contribution in [0.15, 0.2) is 48.5 Å². The standard InChI is InChI=1S/C26H31N3O/c1-16-12-13-18(3)24(14-16)28-25-15-21(20-9-5-6-10-23(20)27-25)26(30)29-22-11-7-8-17(2)19(22)4/h5-6,9-10,12-15,17,19,22H,7-8,11H2,1-4H3,(H,27,28)(H,29,30)/t17-,19-,22+/m0/s1. The number of aryl methyl sites for hydroxylation is 2. The van der Waals surface area contributed by atoms with E-state index in [0.717, 1.165) is 28.6 Å². The van der Waals surface area contributed by atoms with Gasteiger partial charge in [0.05, 0.1) is 11.1 Å². The molecule has 156 valence electrons. The van der Waals surface area contributed by atoms with Gasteiger partial charge in [0.25, 0.3) is 5.91 Å². The van der Waals surface area contributed by atoms with E-state index in [1.807, 2.05) is 30.3 Å². The number of para-hydroxylation sites is 1. The Morgan fingerprint density at radius 2 is 1.83 bits per heavy atom. The summed E-state index contributed by atoms with van der Waals surface area (Å²) in [4.78, 5) is 18.1. The van der Waals surface area contributed by atoms with E-state index in [1.54, 1.807) is 0 Å². The van der Waals surface area contributed by atoms with Crippen LogP contribution in [-0.2, 0) is 0 Å². The minimum Gasteiger partial charge on any atom is -0.349 e. The average Bonchev–Trinajstić information content (AvgIpc) is 2.73. The Hall–Kier alpha value is -2.88. The number of hydrogen-bond acceptors (Lipinski definition) is 3. The van der Waals surface area contributed by atoms with Crippen LogP contribution >= 0.6 is 0 Å². The molecule has 4 heteroatoms. The number of fused-ring (bicyclic) bond motifs is 1. The van der Waals surface area contributed by atoms with Crippen LogP contribution in [0.5, 0.6) is 0 Å². The van der Waals surface area contributed by atoms with Gasteiger partial charge in [-0.05, 0) is 61.4 Å². The number of hydrogen-bond donors (Lipinski definition) is 2. The molecule has 4 nitrogen and oxygen atoms in total. The molecule has 2 aromatic carbocycles. The second-order valence-electron chi connectivity index (χ2n) is 8.86. The molecule has 1 fully saturated rings. The van der Waals surface area contributed by atoms with Gasteiger partial charge in [-0.1, -0.05) is 57.0 Å². The van der Waals surface area contributed by atoms with Crippen molar-refractivity contribution in [1.29, 1.82) is 0 Å². The number of carbonyl (C=O) groups is 1. The number of nitrogens with zero attached hydrogens (tertiary/aromatic N) is 1. The molecule has 0 radical (unpaired) electrons. The summed E-state index contributed by atoms with van der Waals surface area (Å²) in [7, 11) is 0. The molecule has 0 saturated heterocycles. The van der Waals surface area contributed by atoms with Crippen molar-refractivity contribution in [2.45, 2.75) is 53.0 Å². The summed E-state index contributed by atoms with van der Waals surface area (Å²) < 4.78 is 0. The first-order valence-electron chi connectivity index (χ1n) is 11.0. The molecule has 3 aromatic rings. The smallest absolute Gasteiger partial charge is 0.252 e. The third-order valence-corrected chi connectivity index (χ3v) is 6.64. The Morgan fingerprint density at radius 1 is 1.03 bits per heavy atom. The minimum atomic E-state index is -0.0106. The quantitative estimate of drug-likeness (QED) is 0.551. The van der Waals surface area contributed by atoms with E-state index in [1.165, 1.54) is 18.4 Å². The molecular weight excluding hydrogens is 370 g/mol. The van der Waals surface area contributed by atoms with Crippen molar-refractivity contribution in [3.05, 3.63) is 65.2 Å². The van der Waals surface area contributed by atoms with Gasteiger partial charge < -0.3 is 10.6 Å². The molecule has 1 aliphatic carbocycles. The van der Waals surface area contributed by atoms with Crippen molar-refractivity contribution in [1.82, 2.24) is 10.3 Å². The van der Waals surface area contributed by atoms with Gasteiger partial charge >= 0.3 is 0 Å². The Labute approximate surface area is 179 Å². The Balaban J connectivity index is 1.68. The van der Waals surface area contributed by atoms with E-state index in [2.05, 4.69) is 56.5 Å². The normalized spacial score (nSPS) is 21.4. The molecule has 1 saturated carbocycles. The van der Waals surface area contributed by atoms with E-state index in [0.29, 0.717) is 23.2 Å². The molecule has 0 unspecified atom stereocenters. The fourth-order valence-corrected chi connectivity index (χ4v) is 4.47. The molecule has 0 aliphatic heterocycles. The monoisotopic (exact) mass is 401 g/mol. The first-order valence-corrected chi connectivity index (χ1v) is 11.0. The first kappa shape index (κ1) is 20.4. The number of aromatic nitrogens is 1. The predicted molar refractivity (Wildman–Crippen MR) is 124 cm³/mol. The third-order valence-electron chi connectivity index (χ3n) is 6.64. The minimum absolute atomic E-state index is 0.0106. The maximum absolute atomic E-state index is 13.3. The highest BCUT2D eigenvalue weighted by atomic mass is 16.1. The van der Waals surface area contributed by atoms with Gasteiger partial charge in [0.2, 0.25) is 0 Å². The lowest BCUT2D eigenvalue weighted by Crippen LogP contribution is -2.43. The van der Waals surface area contributed by atoms with Crippen molar-refractivity contribution in [2.75, 3.05) is 5.32 Å². The fourth-order valence-electron chi connectivity index (χ4n) is 4.47. The van der Waals surface area contributed by atoms with Crippen molar-refractivity contribution >= 4 is 28.3 Å². The van der Waals surface area contributed by atoms with Gasteiger partial charge in [0, 0.05) is 17.1 Å². The summed E-state index contributed by atoms with van der Waals surface area (Å²) in [5, 5.41) is 7.64. The van der Waals surface area contributed by atoms with E-state index in [9.17, 15) is 4.79 Å². The van der Waals surface area contributed by atoms with Crippen molar-refractivity contribution in [3.63, 3.8) is 0 Å². The molecule has 3 atom stereocenters. The van der Waals surface area contributed by atoms with Gasteiger partial charge in [0.1, 0.15) is 5.82 Å². The number of anilines is 2. The molecule has 1 aromatic heterocycles. The van der Waals surface area contributed by atoms with Crippen LogP contribution in [0.4, 0.5) is 11.5 Å². The van der Waals surface area contributed by atoms with E-state index in [-0.39, 0.29) is 11.9 Å². The maximum atomic E-state index is 13.3. The van der Waals surface area contributed by atoms with Crippen molar-refractivity contribution < 1.29 is 4.79 Å². The molecule has 0 spiro atoms. The van der Waals surface area contributed by atoms with Crippen LogP contribution in [0.25, 0.3) is 10.9 Å². The topological polar surface area (TPSA) is 54.0 Å². The summed E-state index contributed by atoms with van der Waals surface area (Å²) in [5.41, 5.74) is 4.84. The fraction of sp³-hybridized carbons (Fsp3) is 0.385. The first-order chi connectivity index (χ1) is 14.4. The highest BCUT2D eigenvalue weighted by molar-refractivity contribution is 6.07. The van der Waals surface area contributed by atoms with Gasteiger partial charge in [-0.15, -0.1) is 0 Å². The molecular formula is C26H31N3O. The Bertz CT molecular complexity index is 1080. The number of amides is 1. The SMILES string of the molecule is Cc1ccc(C)c(Nc2cc(C(=O)N[C@@H]3CCC[C@H](C)[C@@H]3C)c3ccccc3n2)c1. The largest absolute Gasteiger partial charge is 0.349 e. The molecule has 0 bridgehead atoms. The summed E-state index contributed by atoms with van der Waals surface area (Å²) in [6.07, 6.45) is 3.47. The zero-order chi connectivity index (χ0) is 21.3. The number of nitrogens with one attached hydrogen (secondary N) is 2. The molecule has 1 heterocycles. The summed E-state index contributed by atoms with van der Waals surface area (Å²) in [6, 6.07) is 16.3. The van der Waals surface area contributed by atoms with E-state index >= 15 is 0 Å². The lowest BCUT2D eigenvalue weighted by Gasteiger charge is -2.34. The van der Waals surface area contributed by atoms with Gasteiger partial charge in [-0.25, -0.2) is 4.98 Å². The summed E-state index contributed by atoms with van der Waals surface area (Å²) in [6.45, 7) is 8.69. The van der Waals surface area contributed by atoms with E-state index in [4.69, 9.17) is 4.98 Å². The summed E-state index contributed by atoms with van der Waals surface area (Å²) in [5.74, 6) is 1.81. The molecule has 1 aliphatic rings. The number of benzene rings is 2. The van der Waals surface area contributed by atoms with Gasteiger partial charge in [-0.2, -0.15) is 0 Å². The van der Waals surface area contributed by atoms with Crippen LogP contribution in [-0.4, -0.2) is 16.9 Å². The lowest BCUT2D eigenvalue weighted by atomic mass is 9.78. The van der Waals surface area contributed by atoms with Crippen LogP contribution < -0.4 is 10.6 Å². The number of pyridine rings is 1. The van der Waals surface area contributed by atoms with Gasteiger partial charge in [-0.3, -0.25) is 4.79 Å². The predicted octanol–water partition coefficient (Wildman–Crippen LogP) is 6.15. The lowest BCUT2D eigenvalue weighted by molar-refractivity contribution is 0.0892. The van der Waals surface area contributed by atoms with Crippen molar-refractivity contribution in [3.8, 4) is 0 Å². The maximum Gasteiger partial charge on any atom is 0.252 e. The molecule has 1 amide bonds. The number of rotatable bonds is 4. The third kappa shape index (κ3) is 4.18. The van der Waals surface area contributed by atoms with Crippen molar-refractivity contribution in [2.24, 2.45) is 11.8 Å². The highest BCUT2D eigenvalue weighted by Crippen LogP contribution is 2.30. The zero-order valence-corrected chi connectivity index (χ0v) is 18.3. The number of carbonyl (C=O) groups excluding carboxylic acids is 1. The van der Waals surface area contributed by atoms with Crippen LogP contribution in [0.3, 0.4) is 0 Å². The highest BCUT2D eigenvalue weighted by Gasteiger charge is 2.29. The van der Waals surface area contributed by atoms with Crippen LogP contribution in [0, 0.1) is 25.7 Å². The van der Waals surface area contributed by atoms with Crippen LogP contribution in [0.2, 0.25) is 0 Å². The molecule has 4 rings (SSSR count). The van der Waals surface area contributed by atoms with Crippen LogP contribution in [0.1, 0.15) is 54.6 Å².